The number of nitrogens with one attached hydrogen (secondary N) is 2. The highest BCUT2D eigenvalue weighted by molar-refractivity contribution is 5.76. The summed E-state index contributed by atoms with van der Waals surface area (Å²) in [6.07, 6.45) is 1.65. The third-order valence-electron chi connectivity index (χ3n) is 5.54. The van der Waals surface area contributed by atoms with E-state index in [1.165, 1.54) is 0 Å². The number of fused-ring (bicyclic) bond motifs is 1. The second kappa shape index (κ2) is 7.98. The summed E-state index contributed by atoms with van der Waals surface area (Å²) in [7, 11) is 0. The SMILES string of the molecule is CC(C)n1nc(CO)cc1Nc1nccc(-c2cc(C#N)c3c(c2)[C@@](C)(CO)CN3)n1. The van der Waals surface area contributed by atoms with Crippen LogP contribution in [0.4, 0.5) is 17.5 Å². The van der Waals surface area contributed by atoms with E-state index in [0.717, 1.165) is 16.8 Å². The van der Waals surface area contributed by atoms with Crippen LogP contribution in [0.15, 0.2) is 30.5 Å². The van der Waals surface area contributed by atoms with Gasteiger partial charge in [-0.25, -0.2) is 14.6 Å². The maximum Gasteiger partial charge on any atom is 0.228 e. The monoisotopic (exact) mass is 419 g/mol. The standard InChI is InChI=1S/C22H25N7O2/c1-13(2)29-19(8-16(10-30)28-29)27-21-24-5-4-18(26-21)14-6-15(9-23)20-17(7-14)22(3,12-31)11-25-20/h4-8,13,25,30-31H,10-12H2,1-3H3,(H,24,26,27)/t22-/m1/s1. The van der Waals surface area contributed by atoms with Crippen molar-refractivity contribution in [3.63, 3.8) is 0 Å². The lowest BCUT2D eigenvalue weighted by atomic mass is 9.83. The fourth-order valence-corrected chi connectivity index (χ4v) is 3.77. The van der Waals surface area contributed by atoms with E-state index >= 15 is 0 Å². The minimum absolute atomic E-state index is 0.0235. The number of nitriles is 1. The van der Waals surface area contributed by atoms with Crippen molar-refractivity contribution in [2.75, 3.05) is 23.8 Å². The van der Waals surface area contributed by atoms with Crippen molar-refractivity contribution < 1.29 is 10.2 Å². The van der Waals surface area contributed by atoms with Crippen LogP contribution in [0.2, 0.25) is 0 Å². The lowest BCUT2D eigenvalue weighted by Crippen LogP contribution is -2.28. The molecule has 0 bridgehead atoms. The van der Waals surface area contributed by atoms with Crippen LogP contribution < -0.4 is 10.6 Å². The predicted molar refractivity (Wildman–Crippen MR) is 117 cm³/mol. The minimum atomic E-state index is -0.463. The van der Waals surface area contributed by atoms with Crippen LogP contribution in [-0.4, -0.2) is 43.1 Å². The normalized spacial score (nSPS) is 17.3. The lowest BCUT2D eigenvalue weighted by Gasteiger charge is -2.21. The number of hydrogen-bond donors (Lipinski definition) is 4. The third kappa shape index (κ3) is 3.71. The Morgan fingerprint density at radius 2 is 2.13 bits per heavy atom. The molecule has 0 spiro atoms. The summed E-state index contributed by atoms with van der Waals surface area (Å²) in [4.78, 5) is 8.94. The molecule has 31 heavy (non-hydrogen) atoms. The maximum atomic E-state index is 9.91. The van der Waals surface area contributed by atoms with Crippen molar-refractivity contribution in [3.05, 3.63) is 47.3 Å². The Balaban J connectivity index is 1.73. The van der Waals surface area contributed by atoms with Gasteiger partial charge in [0.25, 0.3) is 0 Å². The number of hydrogen-bond acceptors (Lipinski definition) is 8. The number of aliphatic hydroxyl groups is 2. The zero-order chi connectivity index (χ0) is 22.2. The van der Waals surface area contributed by atoms with Crippen LogP contribution in [0.25, 0.3) is 11.3 Å². The van der Waals surface area contributed by atoms with Crippen LogP contribution in [0, 0.1) is 11.3 Å². The number of nitrogens with zero attached hydrogens (tertiary/aromatic N) is 5. The molecule has 4 rings (SSSR count). The van der Waals surface area contributed by atoms with E-state index in [4.69, 9.17) is 0 Å². The van der Waals surface area contributed by atoms with Gasteiger partial charge in [0.05, 0.1) is 35.9 Å². The van der Waals surface area contributed by atoms with Gasteiger partial charge in [0.2, 0.25) is 5.95 Å². The zero-order valence-electron chi connectivity index (χ0n) is 17.7. The Morgan fingerprint density at radius 1 is 1.32 bits per heavy atom. The first-order valence-electron chi connectivity index (χ1n) is 10.1. The maximum absolute atomic E-state index is 9.91. The fraction of sp³-hybridized carbons (Fsp3) is 0.364. The predicted octanol–water partition coefficient (Wildman–Crippen LogP) is 2.70. The third-order valence-corrected chi connectivity index (χ3v) is 5.54. The molecule has 0 unspecified atom stereocenters. The molecule has 0 amide bonds. The summed E-state index contributed by atoms with van der Waals surface area (Å²) in [5.74, 6) is 1.06. The summed E-state index contributed by atoms with van der Waals surface area (Å²) < 4.78 is 1.77. The van der Waals surface area contributed by atoms with E-state index < -0.39 is 5.41 Å². The van der Waals surface area contributed by atoms with E-state index in [2.05, 4.69) is 31.8 Å². The molecule has 1 aliphatic rings. The van der Waals surface area contributed by atoms with E-state index in [0.29, 0.717) is 35.3 Å². The number of aromatic nitrogens is 4. The second-order valence-corrected chi connectivity index (χ2v) is 8.24. The number of aliphatic hydroxyl groups excluding tert-OH is 2. The highest BCUT2D eigenvalue weighted by atomic mass is 16.3. The molecule has 3 heterocycles. The van der Waals surface area contributed by atoms with Gasteiger partial charge in [-0.05, 0) is 37.6 Å². The minimum Gasteiger partial charge on any atom is -0.395 e. The molecule has 9 heteroatoms. The molecule has 3 aromatic rings. The van der Waals surface area contributed by atoms with E-state index in [-0.39, 0.29) is 19.3 Å². The van der Waals surface area contributed by atoms with Gasteiger partial charge >= 0.3 is 0 Å². The Kier molecular flexibility index (Phi) is 5.35. The number of anilines is 3. The van der Waals surface area contributed by atoms with E-state index in [9.17, 15) is 15.5 Å². The zero-order valence-corrected chi connectivity index (χ0v) is 17.7. The summed E-state index contributed by atoms with van der Waals surface area (Å²) in [6, 6.07) is 9.64. The van der Waals surface area contributed by atoms with Gasteiger partial charge in [-0.2, -0.15) is 10.4 Å². The van der Waals surface area contributed by atoms with Crippen molar-refractivity contribution in [1.82, 2.24) is 19.7 Å². The molecular formula is C22H25N7O2. The van der Waals surface area contributed by atoms with Gasteiger partial charge in [-0.15, -0.1) is 0 Å². The molecule has 1 aromatic carbocycles. The molecule has 0 fully saturated rings. The molecule has 0 saturated heterocycles. The summed E-state index contributed by atoms with van der Waals surface area (Å²) in [5, 5.41) is 39.8. The fourth-order valence-electron chi connectivity index (χ4n) is 3.77. The van der Waals surface area contributed by atoms with Crippen LogP contribution >= 0.6 is 0 Å². The molecular weight excluding hydrogens is 394 g/mol. The Morgan fingerprint density at radius 3 is 2.81 bits per heavy atom. The smallest absolute Gasteiger partial charge is 0.228 e. The highest BCUT2D eigenvalue weighted by Gasteiger charge is 2.36. The van der Waals surface area contributed by atoms with Crippen molar-refractivity contribution in [2.45, 2.75) is 38.8 Å². The van der Waals surface area contributed by atoms with Crippen LogP contribution in [0.5, 0.6) is 0 Å². The summed E-state index contributed by atoms with van der Waals surface area (Å²) >= 11 is 0. The highest BCUT2D eigenvalue weighted by Crippen LogP contribution is 2.41. The van der Waals surface area contributed by atoms with Crippen LogP contribution in [-0.2, 0) is 12.0 Å². The lowest BCUT2D eigenvalue weighted by molar-refractivity contribution is 0.219. The van der Waals surface area contributed by atoms with Crippen molar-refractivity contribution in [3.8, 4) is 17.3 Å². The quantitative estimate of drug-likeness (QED) is 0.479. The van der Waals surface area contributed by atoms with Gasteiger partial charge in [0.15, 0.2) is 0 Å². The van der Waals surface area contributed by atoms with Crippen LogP contribution in [0.1, 0.15) is 43.6 Å². The second-order valence-electron chi connectivity index (χ2n) is 8.24. The molecule has 0 aliphatic carbocycles. The molecule has 2 aromatic heterocycles. The van der Waals surface area contributed by atoms with Gasteiger partial charge in [-0.3, -0.25) is 0 Å². The summed E-state index contributed by atoms with van der Waals surface area (Å²) in [6.45, 7) is 6.35. The van der Waals surface area contributed by atoms with Gasteiger partial charge < -0.3 is 20.8 Å². The average molecular weight is 419 g/mol. The average Bonchev–Trinajstić information content (AvgIpc) is 3.35. The molecule has 9 nitrogen and oxygen atoms in total. The first kappa shape index (κ1) is 20.8. The molecule has 4 N–H and O–H groups in total. The van der Waals surface area contributed by atoms with E-state index in [1.807, 2.05) is 26.8 Å². The number of rotatable bonds is 6. The molecule has 160 valence electrons. The van der Waals surface area contributed by atoms with Gasteiger partial charge in [0.1, 0.15) is 11.9 Å². The molecule has 1 aliphatic heterocycles. The van der Waals surface area contributed by atoms with Crippen molar-refractivity contribution >= 4 is 17.5 Å². The first-order valence-corrected chi connectivity index (χ1v) is 10.1. The van der Waals surface area contributed by atoms with Gasteiger partial charge in [0, 0.05) is 35.8 Å². The topological polar surface area (TPSA) is 132 Å². The molecule has 1 atom stereocenters. The first-order chi connectivity index (χ1) is 14.9. The Hall–Kier alpha value is -3.48. The van der Waals surface area contributed by atoms with Gasteiger partial charge in [-0.1, -0.05) is 6.92 Å². The molecule has 0 saturated carbocycles. The Bertz CT molecular complexity index is 1170. The molecule has 0 radical (unpaired) electrons. The van der Waals surface area contributed by atoms with Crippen molar-refractivity contribution in [2.24, 2.45) is 0 Å². The number of benzene rings is 1. The van der Waals surface area contributed by atoms with Crippen LogP contribution in [0.3, 0.4) is 0 Å². The van der Waals surface area contributed by atoms with E-state index in [1.54, 1.807) is 29.1 Å². The Labute approximate surface area is 180 Å². The largest absolute Gasteiger partial charge is 0.395 e. The van der Waals surface area contributed by atoms with Crippen molar-refractivity contribution in [1.29, 1.82) is 5.26 Å². The summed E-state index contributed by atoms with van der Waals surface area (Å²) in [5.41, 5.74) is 3.72.